The van der Waals surface area contributed by atoms with Crippen molar-refractivity contribution in [3.05, 3.63) is 60.2 Å². The summed E-state index contributed by atoms with van der Waals surface area (Å²) in [5, 5.41) is 0. The Balaban J connectivity index is 1.66. The minimum Gasteiger partial charge on any atom is -0.328 e. The molecule has 0 bridgehead atoms. The predicted octanol–water partition coefficient (Wildman–Crippen LogP) is 4.74. The molecule has 1 saturated heterocycles. The standard InChI is InChI=1S/C22H24FN3O/c1-15(2)11-12-25-20-6-4-3-5-19(20)24-22(25)16-13-21(27)26(14-16)18-9-7-17(23)8-10-18/h3-10,15-16H,11-14H2,1-2H3/t16-/m1/s1. The van der Waals surface area contributed by atoms with E-state index in [0.717, 1.165) is 35.5 Å². The molecule has 1 aliphatic rings. The molecule has 0 radical (unpaired) electrons. The van der Waals surface area contributed by atoms with Crippen molar-refractivity contribution in [2.75, 3.05) is 11.4 Å². The molecule has 5 heteroatoms. The van der Waals surface area contributed by atoms with E-state index in [1.807, 2.05) is 18.2 Å². The molecule has 0 N–H and O–H groups in total. The molecule has 140 valence electrons. The van der Waals surface area contributed by atoms with Crippen LogP contribution < -0.4 is 4.90 Å². The SMILES string of the molecule is CC(C)CCn1c([C@@H]2CC(=O)N(c3ccc(F)cc3)C2)nc2ccccc21. The van der Waals surface area contributed by atoms with Crippen molar-refractivity contribution in [3.8, 4) is 0 Å². The van der Waals surface area contributed by atoms with Crippen molar-refractivity contribution < 1.29 is 9.18 Å². The summed E-state index contributed by atoms with van der Waals surface area (Å²) in [5.41, 5.74) is 2.85. The van der Waals surface area contributed by atoms with Gasteiger partial charge in [-0.05, 0) is 48.7 Å². The number of benzene rings is 2. The van der Waals surface area contributed by atoms with Gasteiger partial charge in [0.2, 0.25) is 5.91 Å². The third kappa shape index (κ3) is 3.46. The van der Waals surface area contributed by atoms with Crippen molar-refractivity contribution in [3.63, 3.8) is 0 Å². The molecule has 0 spiro atoms. The van der Waals surface area contributed by atoms with E-state index < -0.39 is 0 Å². The number of para-hydroxylation sites is 2. The second-order valence-electron chi connectivity index (χ2n) is 7.67. The molecule has 1 fully saturated rings. The molecule has 0 saturated carbocycles. The van der Waals surface area contributed by atoms with Gasteiger partial charge >= 0.3 is 0 Å². The monoisotopic (exact) mass is 365 g/mol. The molecule has 1 aliphatic heterocycles. The Morgan fingerprint density at radius 2 is 1.89 bits per heavy atom. The van der Waals surface area contributed by atoms with Crippen molar-refractivity contribution in [2.24, 2.45) is 5.92 Å². The summed E-state index contributed by atoms with van der Waals surface area (Å²) in [6.07, 6.45) is 1.50. The molecule has 1 atom stereocenters. The number of nitrogens with zero attached hydrogens (tertiary/aromatic N) is 3. The molecule has 27 heavy (non-hydrogen) atoms. The number of aromatic nitrogens is 2. The zero-order valence-corrected chi connectivity index (χ0v) is 15.7. The van der Waals surface area contributed by atoms with Crippen molar-refractivity contribution in [1.29, 1.82) is 0 Å². The normalized spacial score (nSPS) is 17.4. The van der Waals surface area contributed by atoms with Gasteiger partial charge in [0.15, 0.2) is 0 Å². The average molecular weight is 365 g/mol. The van der Waals surface area contributed by atoms with E-state index in [4.69, 9.17) is 4.98 Å². The average Bonchev–Trinajstić information content (AvgIpc) is 3.21. The highest BCUT2D eigenvalue weighted by Crippen LogP contribution is 2.33. The zero-order valence-electron chi connectivity index (χ0n) is 15.7. The number of halogens is 1. The van der Waals surface area contributed by atoms with Crippen molar-refractivity contribution in [2.45, 2.75) is 39.2 Å². The van der Waals surface area contributed by atoms with Crippen molar-refractivity contribution >= 4 is 22.6 Å². The minimum atomic E-state index is -0.294. The summed E-state index contributed by atoms with van der Waals surface area (Å²) in [6.45, 7) is 5.91. The first-order valence-corrected chi connectivity index (χ1v) is 9.54. The van der Waals surface area contributed by atoms with Gasteiger partial charge in [0.25, 0.3) is 0 Å². The third-order valence-corrected chi connectivity index (χ3v) is 5.24. The number of rotatable bonds is 5. The summed E-state index contributed by atoms with van der Waals surface area (Å²) in [6, 6.07) is 14.3. The number of anilines is 1. The number of imidazole rings is 1. The quantitative estimate of drug-likeness (QED) is 0.655. The Kier molecular flexibility index (Phi) is 4.68. The predicted molar refractivity (Wildman–Crippen MR) is 105 cm³/mol. The van der Waals surface area contributed by atoms with Gasteiger partial charge in [-0.3, -0.25) is 4.79 Å². The maximum Gasteiger partial charge on any atom is 0.227 e. The smallest absolute Gasteiger partial charge is 0.227 e. The lowest BCUT2D eigenvalue weighted by Gasteiger charge is -2.18. The first-order valence-electron chi connectivity index (χ1n) is 9.54. The van der Waals surface area contributed by atoms with Crippen molar-refractivity contribution in [1.82, 2.24) is 9.55 Å². The summed E-state index contributed by atoms with van der Waals surface area (Å²) in [7, 11) is 0. The highest BCUT2D eigenvalue weighted by molar-refractivity contribution is 5.96. The zero-order chi connectivity index (χ0) is 19.0. The van der Waals surface area contributed by atoms with Gasteiger partial charge in [-0.2, -0.15) is 0 Å². The molecular weight excluding hydrogens is 341 g/mol. The number of aryl methyl sites for hydroxylation is 1. The highest BCUT2D eigenvalue weighted by atomic mass is 19.1. The second-order valence-corrected chi connectivity index (χ2v) is 7.67. The van der Waals surface area contributed by atoms with E-state index in [1.54, 1.807) is 17.0 Å². The first kappa shape index (κ1) is 17.7. The van der Waals surface area contributed by atoms with Gasteiger partial charge in [0, 0.05) is 31.1 Å². The van der Waals surface area contributed by atoms with Gasteiger partial charge in [0.1, 0.15) is 11.6 Å². The Bertz CT molecular complexity index is 961. The molecule has 2 heterocycles. The molecule has 4 nitrogen and oxygen atoms in total. The molecule has 1 aromatic heterocycles. The Morgan fingerprint density at radius 3 is 2.63 bits per heavy atom. The third-order valence-electron chi connectivity index (χ3n) is 5.24. The van der Waals surface area contributed by atoms with Gasteiger partial charge in [-0.1, -0.05) is 26.0 Å². The van der Waals surface area contributed by atoms with Crippen LogP contribution >= 0.6 is 0 Å². The topological polar surface area (TPSA) is 38.1 Å². The van der Waals surface area contributed by atoms with Gasteiger partial charge in [-0.25, -0.2) is 9.37 Å². The fraction of sp³-hybridized carbons (Fsp3) is 0.364. The number of carbonyl (C=O) groups excluding carboxylic acids is 1. The number of carbonyl (C=O) groups is 1. The molecule has 1 amide bonds. The molecule has 0 unspecified atom stereocenters. The summed E-state index contributed by atoms with van der Waals surface area (Å²) in [4.78, 5) is 19.3. The van der Waals surface area contributed by atoms with E-state index in [-0.39, 0.29) is 17.6 Å². The Morgan fingerprint density at radius 1 is 1.15 bits per heavy atom. The van der Waals surface area contributed by atoms with Crippen LogP contribution in [0.1, 0.15) is 38.4 Å². The van der Waals surface area contributed by atoms with Crippen LogP contribution in [0.2, 0.25) is 0 Å². The fourth-order valence-corrected chi connectivity index (χ4v) is 3.78. The lowest BCUT2D eigenvalue weighted by atomic mass is 10.1. The summed E-state index contributed by atoms with van der Waals surface area (Å²) in [5.74, 6) is 1.39. The Hall–Kier alpha value is -2.69. The van der Waals surface area contributed by atoms with E-state index in [1.165, 1.54) is 12.1 Å². The number of amides is 1. The molecule has 2 aromatic carbocycles. The largest absolute Gasteiger partial charge is 0.328 e. The molecular formula is C22H24FN3O. The number of hydrogen-bond acceptors (Lipinski definition) is 2. The molecule has 0 aliphatic carbocycles. The Labute approximate surface area is 158 Å². The van der Waals surface area contributed by atoms with E-state index in [2.05, 4.69) is 24.5 Å². The van der Waals surface area contributed by atoms with Crippen LogP contribution in [-0.4, -0.2) is 22.0 Å². The lowest BCUT2D eigenvalue weighted by molar-refractivity contribution is -0.117. The van der Waals surface area contributed by atoms with Crippen LogP contribution in [-0.2, 0) is 11.3 Å². The highest BCUT2D eigenvalue weighted by Gasteiger charge is 2.34. The van der Waals surface area contributed by atoms with Crippen LogP contribution in [0.25, 0.3) is 11.0 Å². The first-order chi connectivity index (χ1) is 13.0. The van der Waals surface area contributed by atoms with Crippen LogP contribution in [0.3, 0.4) is 0 Å². The number of fused-ring (bicyclic) bond motifs is 1. The molecule has 3 aromatic rings. The minimum absolute atomic E-state index is 0.0436. The van der Waals surface area contributed by atoms with Crippen LogP contribution in [0.15, 0.2) is 48.5 Å². The van der Waals surface area contributed by atoms with Gasteiger partial charge < -0.3 is 9.47 Å². The van der Waals surface area contributed by atoms with E-state index in [0.29, 0.717) is 18.9 Å². The lowest BCUT2D eigenvalue weighted by Crippen LogP contribution is -2.24. The summed E-state index contributed by atoms with van der Waals surface area (Å²) < 4.78 is 15.5. The van der Waals surface area contributed by atoms with Crippen LogP contribution in [0.4, 0.5) is 10.1 Å². The van der Waals surface area contributed by atoms with E-state index >= 15 is 0 Å². The summed E-state index contributed by atoms with van der Waals surface area (Å²) >= 11 is 0. The van der Waals surface area contributed by atoms with Crippen LogP contribution in [0.5, 0.6) is 0 Å². The fourth-order valence-electron chi connectivity index (χ4n) is 3.78. The second kappa shape index (κ2) is 7.14. The van der Waals surface area contributed by atoms with E-state index in [9.17, 15) is 9.18 Å². The maximum atomic E-state index is 13.2. The van der Waals surface area contributed by atoms with Gasteiger partial charge in [0.05, 0.1) is 11.0 Å². The van der Waals surface area contributed by atoms with Gasteiger partial charge in [-0.15, -0.1) is 0 Å². The van der Waals surface area contributed by atoms with Crippen LogP contribution in [0, 0.1) is 11.7 Å². The molecule has 4 rings (SSSR count). The maximum absolute atomic E-state index is 13.2. The number of hydrogen-bond donors (Lipinski definition) is 0.